The van der Waals surface area contributed by atoms with Crippen molar-refractivity contribution < 1.29 is 43.2 Å². The van der Waals surface area contributed by atoms with E-state index in [2.05, 4.69) is 10.3 Å². The molecule has 0 bridgehead atoms. The highest BCUT2D eigenvalue weighted by molar-refractivity contribution is 5.98. The topological polar surface area (TPSA) is 150 Å². The molecule has 1 amide bonds. The third-order valence-electron chi connectivity index (χ3n) is 6.32. The highest BCUT2D eigenvalue weighted by Crippen LogP contribution is 2.28. The number of aromatic nitrogens is 1. The molecule has 4 atom stereocenters. The molecule has 1 saturated heterocycles. The molecule has 0 saturated carbocycles. The van der Waals surface area contributed by atoms with E-state index in [0.29, 0.717) is 0 Å². The van der Waals surface area contributed by atoms with Crippen molar-refractivity contribution in [3.05, 3.63) is 89.7 Å². The van der Waals surface area contributed by atoms with Crippen LogP contribution in [0.3, 0.4) is 0 Å². The van der Waals surface area contributed by atoms with Crippen molar-refractivity contribution in [3.63, 3.8) is 0 Å². The van der Waals surface area contributed by atoms with Gasteiger partial charge < -0.3 is 29.4 Å². The quantitative estimate of drug-likeness (QED) is 0.333. The molecule has 3 aromatic rings. The number of aromatic hydroxyl groups is 1. The molecule has 2 N–H and O–H groups in total. The van der Waals surface area contributed by atoms with Crippen LogP contribution in [0.1, 0.15) is 33.3 Å². The third kappa shape index (κ3) is 6.55. The molecule has 208 valence electrons. The van der Waals surface area contributed by atoms with E-state index in [4.69, 9.17) is 18.9 Å². The van der Waals surface area contributed by atoms with Crippen LogP contribution in [0.15, 0.2) is 72.9 Å². The monoisotopic (exact) mass is 548 g/mol. The summed E-state index contributed by atoms with van der Waals surface area (Å²) >= 11 is 0. The molecule has 1 fully saturated rings. The number of ether oxygens (including phenoxy) is 4. The van der Waals surface area contributed by atoms with Crippen LogP contribution in [0.2, 0.25) is 0 Å². The Morgan fingerprint density at radius 3 is 2.38 bits per heavy atom. The Hall–Kier alpha value is -4.93. The van der Waals surface area contributed by atoms with Gasteiger partial charge in [0.05, 0.1) is 12.7 Å². The summed E-state index contributed by atoms with van der Waals surface area (Å²) in [5.74, 6) is -4.86. The van der Waals surface area contributed by atoms with Gasteiger partial charge in [0, 0.05) is 12.3 Å². The van der Waals surface area contributed by atoms with Crippen molar-refractivity contribution >= 4 is 23.8 Å². The fourth-order valence-corrected chi connectivity index (χ4v) is 4.24. The second-order valence-corrected chi connectivity index (χ2v) is 9.04. The first-order valence-corrected chi connectivity index (χ1v) is 12.5. The Morgan fingerprint density at radius 2 is 1.70 bits per heavy atom. The summed E-state index contributed by atoms with van der Waals surface area (Å²) in [4.78, 5) is 56.2. The predicted octanol–water partition coefficient (Wildman–Crippen LogP) is 2.47. The first-order chi connectivity index (χ1) is 19.3. The van der Waals surface area contributed by atoms with Crippen molar-refractivity contribution in [2.45, 2.75) is 31.6 Å². The summed E-state index contributed by atoms with van der Waals surface area (Å²) in [5, 5.41) is 12.7. The molecule has 2 aromatic carbocycles. The lowest BCUT2D eigenvalue weighted by atomic mass is 9.91. The molecule has 1 aliphatic rings. The van der Waals surface area contributed by atoms with Crippen LogP contribution >= 0.6 is 0 Å². The highest BCUT2D eigenvalue weighted by Gasteiger charge is 2.42. The first kappa shape index (κ1) is 28.1. The van der Waals surface area contributed by atoms with Crippen LogP contribution in [0.25, 0.3) is 0 Å². The number of pyridine rings is 1. The Morgan fingerprint density at radius 1 is 1.02 bits per heavy atom. The average molecular weight is 549 g/mol. The van der Waals surface area contributed by atoms with Crippen LogP contribution in [0.4, 0.5) is 0 Å². The smallest absolute Gasteiger partial charge is 0.338 e. The zero-order chi connectivity index (χ0) is 28.6. The van der Waals surface area contributed by atoms with Crippen molar-refractivity contribution in [3.8, 4) is 11.5 Å². The Balaban J connectivity index is 1.60. The Labute approximate surface area is 230 Å². The minimum absolute atomic E-state index is 0.00377. The minimum Gasteiger partial charge on any atom is -0.503 e. The largest absolute Gasteiger partial charge is 0.503 e. The number of rotatable bonds is 7. The number of hydrogen-bond acceptors (Lipinski definition) is 10. The zero-order valence-electron chi connectivity index (χ0n) is 21.8. The van der Waals surface area contributed by atoms with E-state index in [-0.39, 0.29) is 17.7 Å². The third-order valence-corrected chi connectivity index (χ3v) is 6.32. The summed E-state index contributed by atoms with van der Waals surface area (Å²) in [6, 6.07) is 17.2. The lowest BCUT2D eigenvalue weighted by Gasteiger charge is -2.29. The molecular formula is C29H28N2O9. The minimum atomic E-state index is -1.44. The van der Waals surface area contributed by atoms with E-state index in [1.165, 1.54) is 26.3 Å². The number of hydrogen-bond donors (Lipinski definition) is 2. The maximum absolute atomic E-state index is 13.4. The van der Waals surface area contributed by atoms with Gasteiger partial charge in [0.25, 0.3) is 5.91 Å². The van der Waals surface area contributed by atoms with E-state index in [1.54, 1.807) is 42.5 Å². The molecule has 1 aromatic heterocycles. The number of cyclic esters (lactones) is 2. The molecule has 0 radical (unpaired) electrons. The van der Waals surface area contributed by atoms with Gasteiger partial charge in [-0.05, 0) is 31.0 Å². The van der Waals surface area contributed by atoms with E-state index >= 15 is 0 Å². The molecule has 1 aliphatic heterocycles. The fraction of sp³-hybridized carbons (Fsp3) is 0.276. The molecule has 40 heavy (non-hydrogen) atoms. The van der Waals surface area contributed by atoms with Gasteiger partial charge in [-0.15, -0.1) is 0 Å². The number of nitrogens with one attached hydrogen (secondary N) is 1. The van der Waals surface area contributed by atoms with Gasteiger partial charge >= 0.3 is 17.9 Å². The van der Waals surface area contributed by atoms with Gasteiger partial charge in [0.2, 0.25) is 0 Å². The molecule has 4 rings (SSSR count). The zero-order valence-corrected chi connectivity index (χ0v) is 21.8. The molecule has 11 nitrogen and oxygen atoms in total. The van der Waals surface area contributed by atoms with Crippen molar-refractivity contribution in [2.24, 2.45) is 5.92 Å². The van der Waals surface area contributed by atoms with Crippen LogP contribution in [0, 0.1) is 5.92 Å². The van der Waals surface area contributed by atoms with E-state index in [1.807, 2.05) is 18.2 Å². The molecule has 11 heteroatoms. The second-order valence-electron chi connectivity index (χ2n) is 9.04. The van der Waals surface area contributed by atoms with Crippen molar-refractivity contribution in [1.82, 2.24) is 10.3 Å². The van der Waals surface area contributed by atoms with Gasteiger partial charge in [0.1, 0.15) is 18.6 Å². The van der Waals surface area contributed by atoms with Crippen LogP contribution in [0.5, 0.6) is 11.5 Å². The fourth-order valence-electron chi connectivity index (χ4n) is 4.24. The van der Waals surface area contributed by atoms with E-state index in [9.17, 15) is 24.3 Å². The van der Waals surface area contributed by atoms with E-state index in [0.717, 1.165) is 5.56 Å². The SMILES string of the molecule is COc1ccnc(C(=O)NC2COC(=O)C(Cc3ccccc3)C(OC(=O)c3ccccc3)C(C)OC2=O)c1O. The Kier molecular flexibility index (Phi) is 8.95. The number of carbonyl (C=O) groups is 4. The number of nitrogens with zero attached hydrogens (tertiary/aromatic N) is 1. The van der Waals surface area contributed by atoms with Crippen LogP contribution < -0.4 is 10.1 Å². The van der Waals surface area contributed by atoms with Gasteiger partial charge in [0.15, 0.2) is 29.3 Å². The van der Waals surface area contributed by atoms with Crippen LogP contribution in [-0.2, 0) is 30.2 Å². The standard InChI is InChI=1S/C29H28N2O9/c1-17-25(40-27(34)19-11-7-4-8-12-19)20(15-18-9-5-3-6-10-18)28(35)38-16-21(29(36)39-17)31-26(33)23-24(32)22(37-2)13-14-30-23/h3-14,17,20-21,25,32H,15-16H2,1-2H3,(H,31,33). The van der Waals surface area contributed by atoms with Crippen molar-refractivity contribution in [1.29, 1.82) is 0 Å². The summed E-state index contributed by atoms with van der Waals surface area (Å²) in [6.07, 6.45) is -0.922. The van der Waals surface area contributed by atoms with Crippen molar-refractivity contribution in [2.75, 3.05) is 13.7 Å². The number of esters is 3. The number of carbonyl (C=O) groups excluding carboxylic acids is 4. The maximum Gasteiger partial charge on any atom is 0.338 e. The first-order valence-electron chi connectivity index (χ1n) is 12.5. The Bertz CT molecular complexity index is 1360. The molecule has 0 spiro atoms. The lowest BCUT2D eigenvalue weighted by Crippen LogP contribution is -2.46. The van der Waals surface area contributed by atoms with Gasteiger partial charge in [-0.2, -0.15) is 0 Å². The number of benzene rings is 2. The highest BCUT2D eigenvalue weighted by atomic mass is 16.6. The number of amides is 1. The molecule has 2 heterocycles. The second kappa shape index (κ2) is 12.7. The normalized spacial score (nSPS) is 21.1. The van der Waals surface area contributed by atoms with Gasteiger partial charge in [-0.1, -0.05) is 48.5 Å². The summed E-state index contributed by atoms with van der Waals surface area (Å²) in [5.41, 5.74) is 0.624. The average Bonchev–Trinajstić information content (AvgIpc) is 3.00. The summed E-state index contributed by atoms with van der Waals surface area (Å²) in [6.45, 7) is 0.928. The predicted molar refractivity (Wildman–Crippen MR) is 140 cm³/mol. The molecule has 4 unspecified atom stereocenters. The summed E-state index contributed by atoms with van der Waals surface area (Å²) in [7, 11) is 1.31. The van der Waals surface area contributed by atoms with Crippen LogP contribution in [-0.4, -0.2) is 65.9 Å². The maximum atomic E-state index is 13.4. The van der Waals surface area contributed by atoms with E-state index < -0.39 is 66.0 Å². The molecular weight excluding hydrogens is 520 g/mol. The van der Waals surface area contributed by atoms with Gasteiger partial charge in [-0.25, -0.2) is 14.6 Å². The van der Waals surface area contributed by atoms with Gasteiger partial charge in [-0.3, -0.25) is 9.59 Å². The lowest BCUT2D eigenvalue weighted by molar-refractivity contribution is -0.159. The molecule has 0 aliphatic carbocycles. The number of methoxy groups -OCH3 is 1. The summed E-state index contributed by atoms with van der Waals surface area (Å²) < 4.78 is 21.8.